The number of benzene rings is 1. The lowest BCUT2D eigenvalue weighted by Crippen LogP contribution is -2.45. The fraction of sp³-hybridized carbons (Fsp3) is 0.600. The van der Waals surface area contributed by atoms with Gasteiger partial charge in [0.05, 0.1) is 26.5 Å². The second kappa shape index (κ2) is 7.47. The Hall–Kier alpha value is -1.53. The third-order valence-electron chi connectivity index (χ3n) is 3.86. The molecule has 118 valence electrons. The van der Waals surface area contributed by atoms with E-state index in [1.54, 1.807) is 19.2 Å². The molecule has 0 aliphatic carbocycles. The summed E-state index contributed by atoms with van der Waals surface area (Å²) in [5.74, 6) is 1.14. The maximum atomic E-state index is 13.0. The predicted molar refractivity (Wildman–Crippen MR) is 79.0 cm³/mol. The van der Waals surface area contributed by atoms with E-state index in [1.165, 1.54) is 7.11 Å². The van der Waals surface area contributed by atoms with Crippen molar-refractivity contribution in [1.29, 1.82) is 0 Å². The average Bonchev–Trinajstić information content (AvgIpc) is 2.53. The first-order valence-corrected chi connectivity index (χ1v) is 7.16. The molecule has 0 bridgehead atoms. The molecule has 5 nitrogen and oxygen atoms in total. The number of halogens is 1. The highest BCUT2D eigenvalue weighted by molar-refractivity contribution is 5.51. The Balaban J connectivity index is 2.38. The lowest BCUT2D eigenvalue weighted by atomic mass is 9.99. The summed E-state index contributed by atoms with van der Waals surface area (Å²) in [6.45, 7) is 2.92. The molecule has 1 aromatic carbocycles. The largest absolute Gasteiger partial charge is 0.507 e. The second-order valence-corrected chi connectivity index (χ2v) is 5.04. The Bertz CT molecular complexity index is 464. The Kier molecular flexibility index (Phi) is 5.64. The van der Waals surface area contributed by atoms with Crippen LogP contribution in [-0.4, -0.2) is 57.1 Å². The molecule has 1 aliphatic rings. The van der Waals surface area contributed by atoms with Gasteiger partial charge in [-0.05, 0) is 6.42 Å². The van der Waals surface area contributed by atoms with Crippen molar-refractivity contribution in [3.05, 3.63) is 17.7 Å². The molecule has 0 aromatic heterocycles. The number of hydrogen-bond donors (Lipinski definition) is 2. The maximum Gasteiger partial charge on any atom is 0.131 e. The molecule has 6 heteroatoms. The van der Waals surface area contributed by atoms with Crippen molar-refractivity contribution < 1.29 is 19.0 Å². The Morgan fingerprint density at radius 3 is 2.57 bits per heavy atom. The van der Waals surface area contributed by atoms with Crippen LogP contribution in [0.3, 0.4) is 0 Å². The molecule has 0 spiro atoms. The quantitative estimate of drug-likeness (QED) is 0.837. The fourth-order valence-electron chi connectivity index (χ4n) is 2.82. The van der Waals surface area contributed by atoms with E-state index in [4.69, 9.17) is 9.47 Å². The molecule has 1 aromatic rings. The zero-order chi connectivity index (χ0) is 15.2. The molecule has 1 aliphatic heterocycles. The van der Waals surface area contributed by atoms with Gasteiger partial charge < -0.3 is 19.9 Å². The number of alkyl halides is 1. The van der Waals surface area contributed by atoms with Crippen LogP contribution in [0, 0.1) is 0 Å². The summed E-state index contributed by atoms with van der Waals surface area (Å²) < 4.78 is 23.5. The monoisotopic (exact) mass is 298 g/mol. The number of nitrogens with zero attached hydrogens (tertiary/aromatic N) is 1. The standard InChI is InChI=1S/C15H23FN2O3/c1-20-11-9-13(19)15(14(10-11)21-2)12(3-4-16)18-7-5-17-6-8-18/h9-10,12,17,19H,3-8H2,1-2H3/t12-/m0/s1. The molecular formula is C15H23FN2O3. The second-order valence-electron chi connectivity index (χ2n) is 5.04. The van der Waals surface area contributed by atoms with Crippen molar-refractivity contribution in [2.24, 2.45) is 0 Å². The zero-order valence-corrected chi connectivity index (χ0v) is 12.6. The Labute approximate surface area is 124 Å². The minimum Gasteiger partial charge on any atom is -0.507 e. The van der Waals surface area contributed by atoms with Gasteiger partial charge in [0, 0.05) is 44.4 Å². The smallest absolute Gasteiger partial charge is 0.131 e. The number of phenols is 1. The minimum atomic E-state index is -0.441. The van der Waals surface area contributed by atoms with Crippen molar-refractivity contribution in [2.45, 2.75) is 12.5 Å². The number of aromatic hydroxyl groups is 1. The van der Waals surface area contributed by atoms with Gasteiger partial charge in [0.25, 0.3) is 0 Å². The highest BCUT2D eigenvalue weighted by Crippen LogP contribution is 2.41. The average molecular weight is 298 g/mol. The van der Waals surface area contributed by atoms with Crippen LogP contribution in [0.4, 0.5) is 4.39 Å². The molecule has 0 amide bonds. The SMILES string of the molecule is COc1cc(O)c([C@H](CCF)N2CCNCC2)c(OC)c1. The van der Waals surface area contributed by atoms with Crippen LogP contribution in [-0.2, 0) is 0 Å². The maximum absolute atomic E-state index is 13.0. The van der Waals surface area contributed by atoms with Crippen LogP contribution in [0.25, 0.3) is 0 Å². The van der Waals surface area contributed by atoms with Crippen molar-refractivity contribution in [2.75, 3.05) is 47.1 Å². The predicted octanol–water partition coefficient (Wildman–Crippen LogP) is 1.72. The molecule has 0 saturated carbocycles. The van der Waals surface area contributed by atoms with E-state index < -0.39 is 6.67 Å². The first kappa shape index (κ1) is 15.9. The van der Waals surface area contributed by atoms with Gasteiger partial charge >= 0.3 is 0 Å². The summed E-state index contributed by atoms with van der Waals surface area (Å²) in [6, 6.07) is 3.08. The highest BCUT2D eigenvalue weighted by Gasteiger charge is 2.28. The van der Waals surface area contributed by atoms with Crippen molar-refractivity contribution in [3.8, 4) is 17.2 Å². The van der Waals surface area contributed by atoms with E-state index >= 15 is 0 Å². The van der Waals surface area contributed by atoms with Gasteiger partial charge in [0.2, 0.25) is 0 Å². The van der Waals surface area contributed by atoms with Crippen LogP contribution < -0.4 is 14.8 Å². The summed E-state index contributed by atoms with van der Waals surface area (Å²) in [6.07, 6.45) is 0.330. The topological polar surface area (TPSA) is 54.0 Å². The summed E-state index contributed by atoms with van der Waals surface area (Å²) in [5.41, 5.74) is 0.637. The lowest BCUT2D eigenvalue weighted by molar-refractivity contribution is 0.152. The molecular weight excluding hydrogens is 275 g/mol. The molecule has 2 N–H and O–H groups in total. The van der Waals surface area contributed by atoms with Crippen molar-refractivity contribution >= 4 is 0 Å². The van der Waals surface area contributed by atoms with Gasteiger partial charge in [0.1, 0.15) is 17.2 Å². The number of rotatable bonds is 6. The number of hydrogen-bond acceptors (Lipinski definition) is 5. The molecule has 2 rings (SSSR count). The fourth-order valence-corrected chi connectivity index (χ4v) is 2.82. The molecule has 1 fully saturated rings. The van der Waals surface area contributed by atoms with Gasteiger partial charge in [-0.25, -0.2) is 0 Å². The summed E-state index contributed by atoms with van der Waals surface area (Å²) in [4.78, 5) is 2.18. The summed E-state index contributed by atoms with van der Waals surface area (Å²) in [5, 5.41) is 13.6. The molecule has 21 heavy (non-hydrogen) atoms. The highest BCUT2D eigenvalue weighted by atomic mass is 19.1. The third-order valence-corrected chi connectivity index (χ3v) is 3.86. The molecule has 0 unspecified atom stereocenters. The number of phenolic OH excluding ortho intramolecular Hbond substituents is 1. The van der Waals surface area contributed by atoms with E-state index in [-0.39, 0.29) is 11.8 Å². The molecule has 1 saturated heterocycles. The van der Waals surface area contributed by atoms with Crippen LogP contribution in [0.1, 0.15) is 18.0 Å². The Morgan fingerprint density at radius 1 is 1.29 bits per heavy atom. The van der Waals surface area contributed by atoms with Crippen LogP contribution in [0.5, 0.6) is 17.2 Å². The van der Waals surface area contributed by atoms with Gasteiger partial charge in [-0.15, -0.1) is 0 Å². The first-order chi connectivity index (χ1) is 10.2. The van der Waals surface area contributed by atoms with Gasteiger partial charge in [-0.1, -0.05) is 0 Å². The van der Waals surface area contributed by atoms with E-state index in [1.807, 2.05) is 0 Å². The molecule has 0 radical (unpaired) electrons. The number of ether oxygens (including phenoxy) is 2. The lowest BCUT2D eigenvalue weighted by Gasteiger charge is -2.35. The van der Waals surface area contributed by atoms with E-state index in [0.717, 1.165) is 26.2 Å². The van der Waals surface area contributed by atoms with Gasteiger partial charge in [-0.3, -0.25) is 9.29 Å². The number of methoxy groups -OCH3 is 2. The van der Waals surface area contributed by atoms with Crippen LogP contribution >= 0.6 is 0 Å². The summed E-state index contributed by atoms with van der Waals surface area (Å²) in [7, 11) is 3.07. The Morgan fingerprint density at radius 2 is 2.00 bits per heavy atom. The van der Waals surface area contributed by atoms with Crippen LogP contribution in [0.2, 0.25) is 0 Å². The number of piperazine rings is 1. The normalized spacial score (nSPS) is 17.5. The summed E-state index contributed by atoms with van der Waals surface area (Å²) >= 11 is 0. The van der Waals surface area contributed by atoms with E-state index in [0.29, 0.717) is 23.5 Å². The van der Waals surface area contributed by atoms with E-state index in [9.17, 15) is 9.50 Å². The third kappa shape index (κ3) is 3.57. The molecule has 1 heterocycles. The minimum absolute atomic E-state index is 0.0863. The van der Waals surface area contributed by atoms with Crippen molar-refractivity contribution in [3.63, 3.8) is 0 Å². The van der Waals surface area contributed by atoms with Crippen molar-refractivity contribution in [1.82, 2.24) is 10.2 Å². The van der Waals surface area contributed by atoms with Gasteiger partial charge in [0.15, 0.2) is 0 Å². The number of nitrogens with one attached hydrogen (secondary N) is 1. The first-order valence-electron chi connectivity index (χ1n) is 7.16. The van der Waals surface area contributed by atoms with Gasteiger partial charge in [-0.2, -0.15) is 0 Å². The van der Waals surface area contributed by atoms with Crippen LogP contribution in [0.15, 0.2) is 12.1 Å². The molecule has 1 atom stereocenters. The van der Waals surface area contributed by atoms with E-state index in [2.05, 4.69) is 10.2 Å². The zero-order valence-electron chi connectivity index (χ0n) is 12.6.